The smallest absolute Gasteiger partial charge is 0.235 e. The minimum Gasteiger partial charge on any atom is -0.247 e. The third kappa shape index (κ3) is 2.92. The van der Waals surface area contributed by atoms with Crippen LogP contribution in [0.5, 0.6) is 0 Å². The fraction of sp³-hybridized carbons (Fsp3) is 0.900. The van der Waals surface area contributed by atoms with Crippen molar-refractivity contribution in [1.29, 1.82) is 0 Å². The number of nitrogens with zero attached hydrogens (tertiary/aromatic N) is 1. The van der Waals surface area contributed by atoms with Gasteiger partial charge in [0.25, 0.3) is 0 Å². The molecule has 2 nitrogen and oxygen atoms in total. The Balaban J connectivity index is 2.54. The molecule has 0 saturated heterocycles. The van der Waals surface area contributed by atoms with Crippen molar-refractivity contribution in [2.24, 2.45) is 16.8 Å². The number of isocyanates is 1. The minimum absolute atomic E-state index is 0.0708. The van der Waals surface area contributed by atoms with Crippen LogP contribution in [0.3, 0.4) is 0 Å². The Bertz CT molecular complexity index is 203. The van der Waals surface area contributed by atoms with Gasteiger partial charge in [-0.2, -0.15) is 0 Å². The Labute approximate surface area is 78.2 Å². The standard InChI is InChI=1S/C10H16FNO/c1-7-3-9(5-10(11)4-7)8(2)12-6-13/h7-10H,3-5H2,1-2H3/t7?,8?,9?,10-/m1/s1. The number of aliphatic imine (C=N–C) groups is 1. The van der Waals surface area contributed by atoms with E-state index in [0.29, 0.717) is 18.8 Å². The molecule has 1 aliphatic rings. The maximum absolute atomic E-state index is 13.1. The van der Waals surface area contributed by atoms with Gasteiger partial charge >= 0.3 is 0 Å². The third-order valence-corrected chi connectivity index (χ3v) is 2.86. The van der Waals surface area contributed by atoms with E-state index in [1.165, 1.54) is 0 Å². The van der Waals surface area contributed by atoms with Crippen molar-refractivity contribution >= 4 is 6.08 Å². The topological polar surface area (TPSA) is 29.4 Å². The molecule has 3 heteroatoms. The molecular formula is C10H16FNO. The fourth-order valence-electron chi connectivity index (χ4n) is 2.15. The predicted octanol–water partition coefficient (Wildman–Crippen LogP) is 2.49. The molecule has 3 unspecified atom stereocenters. The highest BCUT2D eigenvalue weighted by Crippen LogP contribution is 2.33. The lowest BCUT2D eigenvalue weighted by Gasteiger charge is -2.31. The Kier molecular flexibility index (Phi) is 3.61. The van der Waals surface area contributed by atoms with Gasteiger partial charge in [0, 0.05) is 0 Å². The molecule has 0 bridgehead atoms. The molecule has 1 rings (SSSR count). The zero-order valence-electron chi connectivity index (χ0n) is 8.16. The summed E-state index contributed by atoms with van der Waals surface area (Å²) in [5.74, 6) is 0.637. The number of halogens is 1. The average molecular weight is 185 g/mol. The van der Waals surface area contributed by atoms with Crippen LogP contribution >= 0.6 is 0 Å². The van der Waals surface area contributed by atoms with E-state index < -0.39 is 6.17 Å². The van der Waals surface area contributed by atoms with E-state index in [1.807, 2.05) is 6.92 Å². The zero-order valence-corrected chi connectivity index (χ0v) is 8.16. The highest BCUT2D eigenvalue weighted by Gasteiger charge is 2.29. The largest absolute Gasteiger partial charge is 0.247 e. The van der Waals surface area contributed by atoms with Crippen molar-refractivity contribution < 1.29 is 9.18 Å². The van der Waals surface area contributed by atoms with E-state index in [2.05, 4.69) is 11.9 Å². The molecule has 1 aliphatic carbocycles. The highest BCUT2D eigenvalue weighted by molar-refractivity contribution is 5.33. The van der Waals surface area contributed by atoms with Gasteiger partial charge in [-0.3, -0.25) is 0 Å². The predicted molar refractivity (Wildman–Crippen MR) is 49.0 cm³/mol. The molecule has 0 radical (unpaired) electrons. The van der Waals surface area contributed by atoms with Crippen LogP contribution in [-0.4, -0.2) is 18.3 Å². The van der Waals surface area contributed by atoms with Crippen molar-refractivity contribution in [3.63, 3.8) is 0 Å². The number of carbonyl (C=O) groups excluding carboxylic acids is 1. The summed E-state index contributed by atoms with van der Waals surface area (Å²) in [6.45, 7) is 3.91. The van der Waals surface area contributed by atoms with Gasteiger partial charge in [0.15, 0.2) is 0 Å². The quantitative estimate of drug-likeness (QED) is 0.480. The van der Waals surface area contributed by atoms with E-state index >= 15 is 0 Å². The second-order valence-corrected chi connectivity index (χ2v) is 4.13. The van der Waals surface area contributed by atoms with Gasteiger partial charge < -0.3 is 0 Å². The average Bonchev–Trinajstić information content (AvgIpc) is 2.03. The summed E-state index contributed by atoms with van der Waals surface area (Å²) in [7, 11) is 0. The second kappa shape index (κ2) is 4.52. The van der Waals surface area contributed by atoms with Crippen molar-refractivity contribution in [2.45, 2.75) is 45.3 Å². The lowest BCUT2D eigenvalue weighted by atomic mass is 9.78. The molecule has 1 fully saturated rings. The normalized spacial score (nSPS) is 36.4. The summed E-state index contributed by atoms with van der Waals surface area (Å²) >= 11 is 0. The molecule has 13 heavy (non-hydrogen) atoms. The van der Waals surface area contributed by atoms with Gasteiger partial charge in [-0.1, -0.05) is 6.92 Å². The molecule has 0 heterocycles. The number of rotatable bonds is 2. The molecule has 0 aromatic rings. The monoisotopic (exact) mass is 185 g/mol. The maximum Gasteiger partial charge on any atom is 0.235 e. The molecule has 0 aliphatic heterocycles. The SMILES string of the molecule is CC1CC(C(C)N=C=O)C[C@H](F)C1. The van der Waals surface area contributed by atoms with Crippen LogP contribution in [0, 0.1) is 11.8 Å². The van der Waals surface area contributed by atoms with Crippen molar-refractivity contribution in [2.75, 3.05) is 0 Å². The Hall–Kier alpha value is -0.690. The van der Waals surface area contributed by atoms with E-state index in [9.17, 15) is 9.18 Å². The van der Waals surface area contributed by atoms with Crippen LogP contribution in [0.1, 0.15) is 33.1 Å². The van der Waals surface area contributed by atoms with Gasteiger partial charge in [-0.25, -0.2) is 14.2 Å². The Morgan fingerprint density at radius 3 is 2.69 bits per heavy atom. The molecule has 0 spiro atoms. The molecular weight excluding hydrogens is 169 g/mol. The van der Waals surface area contributed by atoms with E-state index in [4.69, 9.17) is 0 Å². The summed E-state index contributed by atoms with van der Waals surface area (Å²) in [6.07, 6.45) is 3.03. The summed E-state index contributed by atoms with van der Waals surface area (Å²) in [5, 5.41) is 0. The lowest BCUT2D eigenvalue weighted by Crippen LogP contribution is -2.28. The number of hydrogen-bond donors (Lipinski definition) is 0. The van der Waals surface area contributed by atoms with Crippen LogP contribution in [-0.2, 0) is 4.79 Å². The van der Waals surface area contributed by atoms with Crippen LogP contribution < -0.4 is 0 Å². The molecule has 0 aromatic heterocycles. The molecule has 0 N–H and O–H groups in total. The Morgan fingerprint density at radius 1 is 1.46 bits per heavy atom. The molecule has 1 saturated carbocycles. The van der Waals surface area contributed by atoms with Gasteiger partial charge in [-0.15, -0.1) is 0 Å². The molecule has 0 aromatic carbocycles. The first-order chi connectivity index (χ1) is 6.13. The van der Waals surface area contributed by atoms with Crippen LogP contribution in [0.15, 0.2) is 4.99 Å². The van der Waals surface area contributed by atoms with Gasteiger partial charge in [-0.05, 0) is 38.0 Å². The van der Waals surface area contributed by atoms with Crippen molar-refractivity contribution in [1.82, 2.24) is 0 Å². The van der Waals surface area contributed by atoms with Crippen LogP contribution in [0.25, 0.3) is 0 Å². The van der Waals surface area contributed by atoms with Crippen LogP contribution in [0.2, 0.25) is 0 Å². The number of alkyl halides is 1. The van der Waals surface area contributed by atoms with E-state index in [0.717, 1.165) is 6.42 Å². The fourth-order valence-corrected chi connectivity index (χ4v) is 2.15. The van der Waals surface area contributed by atoms with Crippen LogP contribution in [0.4, 0.5) is 4.39 Å². The summed E-state index contributed by atoms with van der Waals surface area (Å²) in [6, 6.07) is -0.0708. The van der Waals surface area contributed by atoms with E-state index in [1.54, 1.807) is 6.08 Å². The molecule has 74 valence electrons. The molecule has 4 atom stereocenters. The molecule has 0 amide bonds. The van der Waals surface area contributed by atoms with Crippen molar-refractivity contribution in [3.8, 4) is 0 Å². The van der Waals surface area contributed by atoms with Gasteiger partial charge in [0.1, 0.15) is 6.17 Å². The first-order valence-corrected chi connectivity index (χ1v) is 4.84. The first kappa shape index (κ1) is 10.4. The Morgan fingerprint density at radius 2 is 2.15 bits per heavy atom. The zero-order chi connectivity index (χ0) is 9.84. The second-order valence-electron chi connectivity index (χ2n) is 4.13. The van der Waals surface area contributed by atoms with Gasteiger partial charge in [0.2, 0.25) is 6.08 Å². The number of hydrogen-bond acceptors (Lipinski definition) is 2. The summed E-state index contributed by atoms with van der Waals surface area (Å²) in [4.78, 5) is 13.7. The van der Waals surface area contributed by atoms with Crippen molar-refractivity contribution in [3.05, 3.63) is 0 Å². The third-order valence-electron chi connectivity index (χ3n) is 2.86. The summed E-state index contributed by atoms with van der Waals surface area (Å²) < 4.78 is 13.1. The first-order valence-electron chi connectivity index (χ1n) is 4.84. The van der Waals surface area contributed by atoms with Gasteiger partial charge in [0.05, 0.1) is 6.04 Å². The van der Waals surface area contributed by atoms with E-state index in [-0.39, 0.29) is 12.0 Å². The minimum atomic E-state index is -0.710. The maximum atomic E-state index is 13.1. The lowest BCUT2D eigenvalue weighted by molar-refractivity contribution is 0.144. The highest BCUT2D eigenvalue weighted by atomic mass is 19.1. The summed E-state index contributed by atoms with van der Waals surface area (Å²) in [5.41, 5.74) is 0.